The van der Waals surface area contributed by atoms with Crippen LogP contribution in [0.2, 0.25) is 0 Å². The summed E-state index contributed by atoms with van der Waals surface area (Å²) in [6.07, 6.45) is 0.163. The zero-order valence-corrected chi connectivity index (χ0v) is 12.2. The van der Waals surface area contributed by atoms with Crippen molar-refractivity contribution in [1.29, 1.82) is 0 Å². The minimum Gasteiger partial charge on any atom is -0.484 e. The molecule has 0 atom stereocenters. The van der Waals surface area contributed by atoms with Gasteiger partial charge in [-0.05, 0) is 25.1 Å². The van der Waals surface area contributed by atoms with Crippen molar-refractivity contribution < 1.29 is 19.1 Å². The van der Waals surface area contributed by atoms with Crippen LogP contribution >= 0.6 is 15.9 Å². The van der Waals surface area contributed by atoms with Gasteiger partial charge in [-0.15, -0.1) is 0 Å². The largest absolute Gasteiger partial charge is 0.484 e. The molecule has 0 unspecified atom stereocenters. The van der Waals surface area contributed by atoms with Crippen molar-refractivity contribution in [2.45, 2.75) is 13.3 Å². The maximum atomic E-state index is 11.4. The van der Waals surface area contributed by atoms with E-state index in [-0.39, 0.29) is 31.4 Å². The molecule has 1 N–H and O–H groups in total. The van der Waals surface area contributed by atoms with Crippen LogP contribution < -0.4 is 10.1 Å². The number of nitrogens with one attached hydrogen (secondary N) is 1. The average molecular weight is 330 g/mol. The van der Waals surface area contributed by atoms with Gasteiger partial charge in [-0.25, -0.2) is 0 Å². The minimum atomic E-state index is -0.323. The SMILES string of the molecule is CCOC(=O)CCNC(=O)COc1cccc(Br)c1. The summed E-state index contributed by atoms with van der Waals surface area (Å²) in [5, 5.41) is 2.58. The summed E-state index contributed by atoms with van der Waals surface area (Å²) in [7, 11) is 0. The molecule has 1 rings (SSSR count). The summed E-state index contributed by atoms with van der Waals surface area (Å²) in [6, 6.07) is 7.22. The summed E-state index contributed by atoms with van der Waals surface area (Å²) < 4.78 is 10.9. The Balaban J connectivity index is 2.19. The summed E-state index contributed by atoms with van der Waals surface area (Å²) in [5.41, 5.74) is 0. The van der Waals surface area contributed by atoms with Crippen LogP contribution in [-0.2, 0) is 14.3 Å². The topological polar surface area (TPSA) is 64.6 Å². The maximum absolute atomic E-state index is 11.4. The van der Waals surface area contributed by atoms with Gasteiger partial charge in [0.1, 0.15) is 5.75 Å². The normalized spacial score (nSPS) is 9.79. The van der Waals surface area contributed by atoms with E-state index in [2.05, 4.69) is 21.2 Å². The lowest BCUT2D eigenvalue weighted by molar-refractivity contribution is -0.143. The third kappa shape index (κ3) is 6.81. The van der Waals surface area contributed by atoms with Crippen LogP contribution in [0.1, 0.15) is 13.3 Å². The Kier molecular flexibility index (Phi) is 6.95. The van der Waals surface area contributed by atoms with Crippen LogP contribution in [0.25, 0.3) is 0 Å². The molecular weight excluding hydrogens is 314 g/mol. The molecule has 0 saturated heterocycles. The number of benzene rings is 1. The van der Waals surface area contributed by atoms with Crippen molar-refractivity contribution in [3.8, 4) is 5.75 Å². The number of ether oxygens (including phenoxy) is 2. The third-order valence-corrected chi connectivity index (χ3v) is 2.62. The Morgan fingerprint density at radius 3 is 2.84 bits per heavy atom. The highest BCUT2D eigenvalue weighted by atomic mass is 79.9. The molecule has 1 aromatic carbocycles. The van der Waals surface area contributed by atoms with Gasteiger partial charge in [0.2, 0.25) is 0 Å². The molecule has 0 aliphatic heterocycles. The second-order valence-corrected chi connectivity index (χ2v) is 4.57. The predicted molar refractivity (Wildman–Crippen MR) is 73.9 cm³/mol. The first kappa shape index (κ1) is 15.5. The molecule has 0 spiro atoms. The van der Waals surface area contributed by atoms with Gasteiger partial charge in [-0.1, -0.05) is 22.0 Å². The van der Waals surface area contributed by atoms with Crippen molar-refractivity contribution in [3.05, 3.63) is 28.7 Å². The standard InChI is InChI=1S/C13H16BrNO4/c1-2-18-13(17)6-7-15-12(16)9-19-11-5-3-4-10(14)8-11/h3-5,8H,2,6-7,9H2,1H3,(H,15,16). The number of carbonyl (C=O) groups is 2. The van der Waals surface area contributed by atoms with Gasteiger partial charge in [-0.2, -0.15) is 0 Å². The lowest BCUT2D eigenvalue weighted by Gasteiger charge is -2.07. The van der Waals surface area contributed by atoms with Gasteiger partial charge >= 0.3 is 5.97 Å². The van der Waals surface area contributed by atoms with E-state index in [1.807, 2.05) is 12.1 Å². The molecule has 1 aromatic rings. The average Bonchev–Trinajstić information content (AvgIpc) is 2.37. The van der Waals surface area contributed by atoms with Crippen LogP contribution in [0.4, 0.5) is 0 Å². The molecule has 0 radical (unpaired) electrons. The molecule has 0 aromatic heterocycles. The molecule has 0 fully saturated rings. The van der Waals surface area contributed by atoms with Crippen molar-refractivity contribution in [3.63, 3.8) is 0 Å². The number of esters is 1. The van der Waals surface area contributed by atoms with E-state index in [9.17, 15) is 9.59 Å². The highest BCUT2D eigenvalue weighted by molar-refractivity contribution is 9.10. The quantitative estimate of drug-likeness (QED) is 0.776. The highest BCUT2D eigenvalue weighted by Crippen LogP contribution is 2.17. The first-order valence-electron chi connectivity index (χ1n) is 5.92. The highest BCUT2D eigenvalue weighted by Gasteiger charge is 2.05. The fourth-order valence-corrected chi connectivity index (χ4v) is 1.67. The minimum absolute atomic E-state index is 0.0840. The van der Waals surface area contributed by atoms with E-state index in [1.54, 1.807) is 19.1 Å². The van der Waals surface area contributed by atoms with E-state index in [1.165, 1.54) is 0 Å². The van der Waals surface area contributed by atoms with Gasteiger partial charge in [-0.3, -0.25) is 9.59 Å². The second kappa shape index (κ2) is 8.53. The first-order valence-corrected chi connectivity index (χ1v) is 6.71. The Morgan fingerprint density at radius 1 is 1.37 bits per heavy atom. The number of hydrogen-bond acceptors (Lipinski definition) is 4. The number of rotatable bonds is 7. The Morgan fingerprint density at radius 2 is 2.16 bits per heavy atom. The summed E-state index contributed by atoms with van der Waals surface area (Å²) in [4.78, 5) is 22.5. The Labute approximate surface area is 120 Å². The van der Waals surface area contributed by atoms with Gasteiger partial charge in [0.25, 0.3) is 5.91 Å². The number of halogens is 1. The van der Waals surface area contributed by atoms with Gasteiger partial charge in [0.05, 0.1) is 13.0 Å². The number of hydrogen-bond donors (Lipinski definition) is 1. The molecule has 0 heterocycles. The van der Waals surface area contributed by atoms with E-state index in [0.29, 0.717) is 12.4 Å². The first-order chi connectivity index (χ1) is 9.11. The molecule has 0 saturated carbocycles. The van der Waals surface area contributed by atoms with E-state index < -0.39 is 0 Å². The van der Waals surface area contributed by atoms with Crippen LogP contribution in [0.3, 0.4) is 0 Å². The van der Waals surface area contributed by atoms with Crippen LogP contribution in [0.15, 0.2) is 28.7 Å². The molecule has 0 aliphatic rings. The number of amides is 1. The Hall–Kier alpha value is -1.56. The summed E-state index contributed by atoms with van der Waals surface area (Å²) in [5.74, 6) is 0.00917. The molecule has 1 amide bonds. The smallest absolute Gasteiger partial charge is 0.307 e. The molecule has 19 heavy (non-hydrogen) atoms. The van der Waals surface area contributed by atoms with Gasteiger partial charge in [0.15, 0.2) is 6.61 Å². The maximum Gasteiger partial charge on any atom is 0.307 e. The van der Waals surface area contributed by atoms with Gasteiger partial charge in [0, 0.05) is 11.0 Å². The van der Waals surface area contributed by atoms with E-state index >= 15 is 0 Å². The van der Waals surface area contributed by atoms with Gasteiger partial charge < -0.3 is 14.8 Å². The lowest BCUT2D eigenvalue weighted by atomic mass is 10.3. The van der Waals surface area contributed by atoms with Crippen molar-refractivity contribution in [2.75, 3.05) is 19.8 Å². The molecule has 0 bridgehead atoms. The zero-order valence-electron chi connectivity index (χ0n) is 10.6. The van der Waals surface area contributed by atoms with Crippen molar-refractivity contribution >= 4 is 27.8 Å². The molecular formula is C13H16BrNO4. The second-order valence-electron chi connectivity index (χ2n) is 3.65. The predicted octanol–water partition coefficient (Wildman–Crippen LogP) is 1.90. The number of carbonyl (C=O) groups excluding carboxylic acids is 2. The third-order valence-electron chi connectivity index (χ3n) is 2.12. The van der Waals surface area contributed by atoms with Crippen LogP contribution in [0.5, 0.6) is 5.75 Å². The van der Waals surface area contributed by atoms with Crippen molar-refractivity contribution in [1.82, 2.24) is 5.32 Å². The van der Waals surface area contributed by atoms with Crippen LogP contribution in [-0.4, -0.2) is 31.6 Å². The zero-order chi connectivity index (χ0) is 14.1. The van der Waals surface area contributed by atoms with E-state index in [0.717, 1.165) is 4.47 Å². The Bertz CT molecular complexity index is 436. The lowest BCUT2D eigenvalue weighted by Crippen LogP contribution is -2.31. The fraction of sp³-hybridized carbons (Fsp3) is 0.385. The summed E-state index contributed by atoms with van der Waals surface area (Å²) >= 11 is 3.31. The van der Waals surface area contributed by atoms with Crippen molar-refractivity contribution in [2.24, 2.45) is 0 Å². The van der Waals surface area contributed by atoms with E-state index in [4.69, 9.17) is 9.47 Å². The monoisotopic (exact) mass is 329 g/mol. The molecule has 0 aliphatic carbocycles. The van der Waals surface area contributed by atoms with Crippen LogP contribution in [0, 0.1) is 0 Å². The molecule has 5 nitrogen and oxygen atoms in total. The molecule has 104 valence electrons. The molecule has 6 heteroatoms. The fourth-order valence-electron chi connectivity index (χ4n) is 1.29. The summed E-state index contributed by atoms with van der Waals surface area (Å²) in [6.45, 7) is 2.25.